The van der Waals surface area contributed by atoms with E-state index in [0.717, 1.165) is 50.1 Å². The number of aliphatic hydroxyl groups excluding tert-OH is 1. The molecule has 1 aromatic rings. The lowest BCUT2D eigenvalue weighted by Crippen LogP contribution is -2.47. The van der Waals surface area contributed by atoms with Gasteiger partial charge in [0.25, 0.3) is 0 Å². The van der Waals surface area contributed by atoms with Crippen molar-refractivity contribution < 1.29 is 9.90 Å². The van der Waals surface area contributed by atoms with Gasteiger partial charge in [-0.15, -0.1) is 0 Å². The maximum atomic E-state index is 12.4. The summed E-state index contributed by atoms with van der Waals surface area (Å²) in [6.45, 7) is 4.58. The summed E-state index contributed by atoms with van der Waals surface area (Å²) in [6, 6.07) is 5.93. The predicted molar refractivity (Wildman–Crippen MR) is 94.1 cm³/mol. The molecule has 0 radical (unpaired) electrons. The number of aliphatic hydroxyl groups is 1. The van der Waals surface area contributed by atoms with Crippen molar-refractivity contribution in [2.45, 2.75) is 32.2 Å². The first-order valence-corrected chi connectivity index (χ1v) is 8.52. The lowest BCUT2D eigenvalue weighted by molar-refractivity contribution is 0.134. The molecule has 1 aromatic carbocycles. The number of nitrogens with one attached hydrogen (secondary N) is 1. The van der Waals surface area contributed by atoms with Crippen LogP contribution < -0.4 is 5.32 Å². The van der Waals surface area contributed by atoms with Crippen LogP contribution in [-0.4, -0.2) is 60.3 Å². The zero-order valence-corrected chi connectivity index (χ0v) is 14.6. The number of aryl methyl sites for hydroxylation is 1. The number of likely N-dealkylation sites (tertiary alicyclic amines) is 1. The molecule has 1 aliphatic rings. The van der Waals surface area contributed by atoms with E-state index in [-0.39, 0.29) is 12.6 Å². The number of anilines is 1. The van der Waals surface area contributed by atoms with Gasteiger partial charge in [0, 0.05) is 43.0 Å². The van der Waals surface area contributed by atoms with Crippen molar-refractivity contribution in [2.75, 3.05) is 38.6 Å². The van der Waals surface area contributed by atoms with E-state index in [1.165, 1.54) is 0 Å². The number of piperidine rings is 1. The molecule has 0 aliphatic carbocycles. The molecule has 1 aliphatic heterocycles. The normalized spacial score (nSPS) is 16.0. The molecule has 2 amide bonds. The molecule has 1 heterocycles. The Bertz CT molecular complexity index is 531. The fourth-order valence-corrected chi connectivity index (χ4v) is 3.11. The van der Waals surface area contributed by atoms with Crippen LogP contribution in [0.1, 0.15) is 24.8 Å². The van der Waals surface area contributed by atoms with E-state index in [0.29, 0.717) is 11.1 Å². The van der Waals surface area contributed by atoms with E-state index in [9.17, 15) is 4.79 Å². The zero-order valence-electron chi connectivity index (χ0n) is 13.9. The predicted octanol–water partition coefficient (Wildman–Crippen LogP) is 2.96. The molecule has 0 atom stereocenters. The van der Waals surface area contributed by atoms with Crippen molar-refractivity contribution in [1.82, 2.24) is 9.80 Å². The Balaban J connectivity index is 1.85. The zero-order chi connectivity index (χ0) is 16.8. The van der Waals surface area contributed by atoms with Gasteiger partial charge >= 0.3 is 6.03 Å². The Morgan fingerprint density at radius 2 is 2.13 bits per heavy atom. The van der Waals surface area contributed by atoms with Gasteiger partial charge in [0.15, 0.2) is 0 Å². The van der Waals surface area contributed by atoms with Gasteiger partial charge in [0.2, 0.25) is 0 Å². The van der Waals surface area contributed by atoms with E-state index in [4.69, 9.17) is 16.7 Å². The van der Waals surface area contributed by atoms with Crippen molar-refractivity contribution in [2.24, 2.45) is 0 Å². The molecule has 0 bridgehead atoms. The fraction of sp³-hybridized carbons (Fsp3) is 0.588. The highest BCUT2D eigenvalue weighted by Gasteiger charge is 2.25. The van der Waals surface area contributed by atoms with Gasteiger partial charge in [-0.25, -0.2) is 4.79 Å². The minimum absolute atomic E-state index is 0.0631. The molecule has 0 saturated carbocycles. The van der Waals surface area contributed by atoms with Gasteiger partial charge < -0.3 is 20.2 Å². The summed E-state index contributed by atoms with van der Waals surface area (Å²) in [6.07, 6.45) is 2.72. The maximum Gasteiger partial charge on any atom is 0.321 e. The average molecular weight is 340 g/mol. The second-order valence-corrected chi connectivity index (χ2v) is 6.60. The number of hydrogen-bond acceptors (Lipinski definition) is 3. The molecular weight excluding hydrogens is 314 g/mol. The quantitative estimate of drug-likeness (QED) is 0.867. The van der Waals surface area contributed by atoms with Crippen LogP contribution in [-0.2, 0) is 0 Å². The van der Waals surface area contributed by atoms with Gasteiger partial charge in [0.1, 0.15) is 0 Å². The molecule has 2 rings (SSSR count). The van der Waals surface area contributed by atoms with Gasteiger partial charge in [-0.1, -0.05) is 17.7 Å². The molecule has 1 fully saturated rings. The average Bonchev–Trinajstić information content (AvgIpc) is 2.56. The van der Waals surface area contributed by atoms with Gasteiger partial charge in [0.05, 0.1) is 0 Å². The molecule has 23 heavy (non-hydrogen) atoms. The number of benzene rings is 1. The second-order valence-electron chi connectivity index (χ2n) is 6.17. The minimum atomic E-state index is -0.0631. The first-order chi connectivity index (χ1) is 11.0. The number of hydrogen-bond donors (Lipinski definition) is 2. The van der Waals surface area contributed by atoms with Crippen LogP contribution in [0.5, 0.6) is 0 Å². The first-order valence-electron chi connectivity index (χ1n) is 8.14. The summed E-state index contributed by atoms with van der Waals surface area (Å²) >= 11 is 5.99. The number of carbonyl (C=O) groups is 1. The molecule has 0 unspecified atom stereocenters. The molecule has 2 N–H and O–H groups in total. The van der Waals surface area contributed by atoms with Crippen molar-refractivity contribution in [3.8, 4) is 0 Å². The van der Waals surface area contributed by atoms with Crippen molar-refractivity contribution in [1.29, 1.82) is 0 Å². The third kappa shape index (κ3) is 5.09. The second kappa shape index (κ2) is 8.52. The summed E-state index contributed by atoms with van der Waals surface area (Å²) in [7, 11) is 2.09. The van der Waals surface area contributed by atoms with Gasteiger partial charge in [-0.2, -0.15) is 0 Å². The van der Waals surface area contributed by atoms with Crippen LogP contribution in [0.4, 0.5) is 10.5 Å². The third-order valence-electron chi connectivity index (χ3n) is 4.49. The van der Waals surface area contributed by atoms with Crippen LogP contribution >= 0.6 is 11.6 Å². The Morgan fingerprint density at radius 1 is 1.43 bits per heavy atom. The molecule has 5 nitrogen and oxygen atoms in total. The first kappa shape index (κ1) is 18.0. The van der Waals surface area contributed by atoms with Gasteiger partial charge in [-0.05, 0) is 50.9 Å². The maximum absolute atomic E-state index is 12.4. The summed E-state index contributed by atoms with van der Waals surface area (Å²) in [4.78, 5) is 16.5. The summed E-state index contributed by atoms with van der Waals surface area (Å²) in [5, 5.41) is 12.5. The van der Waals surface area contributed by atoms with E-state index in [1.807, 2.05) is 24.0 Å². The fourth-order valence-electron chi connectivity index (χ4n) is 2.94. The van der Waals surface area contributed by atoms with Crippen molar-refractivity contribution in [3.05, 3.63) is 28.8 Å². The van der Waals surface area contributed by atoms with Crippen molar-refractivity contribution in [3.63, 3.8) is 0 Å². The Labute approximate surface area is 143 Å². The highest BCUT2D eigenvalue weighted by Crippen LogP contribution is 2.22. The third-order valence-corrected chi connectivity index (χ3v) is 4.72. The van der Waals surface area contributed by atoms with Crippen LogP contribution in [0.15, 0.2) is 18.2 Å². The summed E-state index contributed by atoms with van der Waals surface area (Å²) in [5.74, 6) is 0. The van der Waals surface area contributed by atoms with Crippen LogP contribution in [0, 0.1) is 6.92 Å². The molecule has 0 aromatic heterocycles. The molecule has 0 spiro atoms. The van der Waals surface area contributed by atoms with Crippen LogP contribution in [0.2, 0.25) is 5.02 Å². The molecule has 1 saturated heterocycles. The standard InChI is InChI=1S/C17H26ClN3O2/c1-13-4-5-14(18)12-16(13)19-17(23)21-9-6-15(7-10-21)20(2)8-3-11-22/h4-5,12,15,22H,3,6-11H2,1-2H3,(H,19,23). The van der Waals surface area contributed by atoms with Crippen molar-refractivity contribution >= 4 is 23.3 Å². The molecular formula is C17H26ClN3O2. The highest BCUT2D eigenvalue weighted by atomic mass is 35.5. The molecule has 6 heteroatoms. The number of nitrogens with zero attached hydrogens (tertiary/aromatic N) is 2. The van der Waals surface area contributed by atoms with Crippen LogP contribution in [0.25, 0.3) is 0 Å². The smallest absolute Gasteiger partial charge is 0.321 e. The lowest BCUT2D eigenvalue weighted by atomic mass is 10.0. The van der Waals surface area contributed by atoms with E-state index >= 15 is 0 Å². The van der Waals surface area contributed by atoms with E-state index < -0.39 is 0 Å². The highest BCUT2D eigenvalue weighted by molar-refractivity contribution is 6.31. The van der Waals surface area contributed by atoms with Gasteiger partial charge in [-0.3, -0.25) is 0 Å². The topological polar surface area (TPSA) is 55.8 Å². The number of carbonyl (C=O) groups excluding carboxylic acids is 1. The number of amides is 2. The SMILES string of the molecule is Cc1ccc(Cl)cc1NC(=O)N1CCC(N(C)CCCO)CC1. The lowest BCUT2D eigenvalue weighted by Gasteiger charge is -2.36. The number of rotatable bonds is 5. The molecule has 128 valence electrons. The Morgan fingerprint density at radius 3 is 2.78 bits per heavy atom. The number of urea groups is 1. The monoisotopic (exact) mass is 339 g/mol. The largest absolute Gasteiger partial charge is 0.396 e. The Hall–Kier alpha value is -1.30. The van der Waals surface area contributed by atoms with E-state index in [2.05, 4.69) is 17.3 Å². The Kier molecular flexibility index (Phi) is 6.69. The van der Waals surface area contributed by atoms with Crippen LogP contribution in [0.3, 0.4) is 0 Å². The summed E-state index contributed by atoms with van der Waals surface area (Å²) < 4.78 is 0. The minimum Gasteiger partial charge on any atom is -0.396 e. The summed E-state index contributed by atoms with van der Waals surface area (Å²) in [5.41, 5.74) is 1.77. The number of halogens is 1. The van der Waals surface area contributed by atoms with E-state index in [1.54, 1.807) is 6.07 Å².